The quantitative estimate of drug-likeness (QED) is 0.770. The molecular weight excluding hydrogens is 331 g/mol. The Morgan fingerprint density at radius 3 is 2.50 bits per heavy atom. The molecule has 0 spiro atoms. The largest absolute Gasteiger partial charge is 0.573 e. The Hall–Kier alpha value is -0.300. The third-order valence-electron chi connectivity index (χ3n) is 1.24. The van der Waals surface area contributed by atoms with Gasteiger partial charge in [-0.25, -0.2) is 0 Å². The number of aromatic nitrogens is 1. The first kappa shape index (κ1) is 11.8. The van der Waals surface area contributed by atoms with Gasteiger partial charge in [-0.2, -0.15) is 0 Å². The van der Waals surface area contributed by atoms with Crippen molar-refractivity contribution in [2.24, 2.45) is 0 Å². The molecular formula is C7H4Br2F3NO. The van der Waals surface area contributed by atoms with E-state index in [1.807, 2.05) is 0 Å². The minimum Gasteiger partial charge on any atom is -0.403 e. The molecule has 0 aliphatic heterocycles. The maximum Gasteiger partial charge on any atom is 0.573 e. The van der Waals surface area contributed by atoms with Gasteiger partial charge in [0.05, 0.1) is 16.4 Å². The average molecular weight is 335 g/mol. The SMILES string of the molecule is FC(F)(F)Oc1cnc(CBr)cc1Br. The summed E-state index contributed by atoms with van der Waals surface area (Å²) in [6, 6.07) is 1.45. The van der Waals surface area contributed by atoms with E-state index in [0.29, 0.717) is 11.0 Å². The van der Waals surface area contributed by atoms with E-state index in [1.54, 1.807) is 0 Å². The van der Waals surface area contributed by atoms with Crippen LogP contribution in [0.15, 0.2) is 16.7 Å². The van der Waals surface area contributed by atoms with E-state index in [9.17, 15) is 13.2 Å². The molecule has 0 amide bonds. The Kier molecular flexibility index (Phi) is 3.77. The highest BCUT2D eigenvalue weighted by atomic mass is 79.9. The van der Waals surface area contributed by atoms with Crippen molar-refractivity contribution in [3.8, 4) is 5.75 Å². The van der Waals surface area contributed by atoms with E-state index in [1.165, 1.54) is 6.07 Å². The Balaban J connectivity index is 2.89. The number of alkyl halides is 4. The summed E-state index contributed by atoms with van der Waals surface area (Å²) in [6.45, 7) is 0. The van der Waals surface area contributed by atoms with Crippen molar-refractivity contribution >= 4 is 31.9 Å². The molecule has 2 nitrogen and oxygen atoms in total. The number of rotatable bonds is 2. The molecule has 0 unspecified atom stereocenters. The van der Waals surface area contributed by atoms with Gasteiger partial charge in [-0.15, -0.1) is 13.2 Å². The zero-order valence-corrected chi connectivity index (χ0v) is 9.78. The van der Waals surface area contributed by atoms with Gasteiger partial charge in [0.2, 0.25) is 0 Å². The number of hydrogen-bond acceptors (Lipinski definition) is 2. The molecule has 0 N–H and O–H groups in total. The van der Waals surface area contributed by atoms with Crippen LogP contribution in [0.3, 0.4) is 0 Å². The van der Waals surface area contributed by atoms with Crippen LogP contribution < -0.4 is 4.74 Å². The van der Waals surface area contributed by atoms with E-state index in [0.717, 1.165) is 6.20 Å². The molecule has 0 bridgehead atoms. The van der Waals surface area contributed by atoms with Crippen LogP contribution in [0.5, 0.6) is 5.75 Å². The Labute approximate surface area is 94.7 Å². The van der Waals surface area contributed by atoms with Gasteiger partial charge < -0.3 is 4.74 Å². The molecule has 0 aliphatic rings. The van der Waals surface area contributed by atoms with Crippen LogP contribution >= 0.6 is 31.9 Å². The van der Waals surface area contributed by atoms with Gasteiger partial charge in [-0.1, -0.05) is 15.9 Å². The molecule has 1 aromatic heterocycles. The minimum absolute atomic E-state index is 0.222. The maximum absolute atomic E-state index is 11.8. The summed E-state index contributed by atoms with van der Waals surface area (Å²) < 4.78 is 39.4. The predicted octanol–water partition coefficient (Wildman–Crippen LogP) is 3.64. The summed E-state index contributed by atoms with van der Waals surface area (Å²) in [5, 5.41) is 0.470. The summed E-state index contributed by atoms with van der Waals surface area (Å²) >= 11 is 6.09. The number of pyridine rings is 1. The fraction of sp³-hybridized carbons (Fsp3) is 0.286. The van der Waals surface area contributed by atoms with Crippen molar-refractivity contribution in [1.82, 2.24) is 4.98 Å². The lowest BCUT2D eigenvalue weighted by Gasteiger charge is -2.10. The second-order valence-electron chi connectivity index (χ2n) is 2.29. The second kappa shape index (κ2) is 4.48. The van der Waals surface area contributed by atoms with Crippen LogP contribution in [0.4, 0.5) is 13.2 Å². The van der Waals surface area contributed by atoms with Crippen LogP contribution in [0.1, 0.15) is 5.69 Å². The molecule has 0 saturated carbocycles. The molecule has 1 heterocycles. The minimum atomic E-state index is -4.69. The van der Waals surface area contributed by atoms with Crippen LogP contribution in [-0.2, 0) is 5.33 Å². The van der Waals surface area contributed by atoms with Crippen molar-refractivity contribution in [2.45, 2.75) is 11.7 Å². The van der Waals surface area contributed by atoms with Gasteiger partial charge >= 0.3 is 6.36 Å². The lowest BCUT2D eigenvalue weighted by atomic mass is 10.4. The van der Waals surface area contributed by atoms with E-state index < -0.39 is 6.36 Å². The van der Waals surface area contributed by atoms with Crippen LogP contribution in [-0.4, -0.2) is 11.3 Å². The van der Waals surface area contributed by atoms with E-state index in [-0.39, 0.29) is 10.2 Å². The number of nitrogens with zero attached hydrogens (tertiary/aromatic N) is 1. The number of hydrogen-bond donors (Lipinski definition) is 0. The van der Waals surface area contributed by atoms with Crippen LogP contribution in [0.2, 0.25) is 0 Å². The van der Waals surface area contributed by atoms with Crippen molar-refractivity contribution in [3.05, 3.63) is 22.4 Å². The predicted molar refractivity (Wildman–Crippen MR) is 51.3 cm³/mol. The van der Waals surface area contributed by atoms with Crippen LogP contribution in [0.25, 0.3) is 0 Å². The molecule has 1 aromatic rings. The first-order chi connectivity index (χ1) is 6.42. The van der Waals surface area contributed by atoms with Gasteiger partial charge in [-0.3, -0.25) is 4.98 Å². The van der Waals surface area contributed by atoms with Gasteiger partial charge in [-0.05, 0) is 22.0 Å². The lowest BCUT2D eigenvalue weighted by Crippen LogP contribution is -2.17. The van der Waals surface area contributed by atoms with Crippen molar-refractivity contribution < 1.29 is 17.9 Å². The smallest absolute Gasteiger partial charge is 0.403 e. The van der Waals surface area contributed by atoms with E-state index >= 15 is 0 Å². The molecule has 1 rings (SSSR count). The van der Waals surface area contributed by atoms with Crippen molar-refractivity contribution in [3.63, 3.8) is 0 Å². The lowest BCUT2D eigenvalue weighted by molar-refractivity contribution is -0.275. The van der Waals surface area contributed by atoms with Crippen molar-refractivity contribution in [1.29, 1.82) is 0 Å². The normalized spacial score (nSPS) is 11.5. The summed E-state index contributed by atoms with van der Waals surface area (Å²) in [5.41, 5.74) is 0.617. The fourth-order valence-corrected chi connectivity index (χ4v) is 1.48. The summed E-state index contributed by atoms with van der Waals surface area (Å²) in [4.78, 5) is 3.74. The summed E-state index contributed by atoms with van der Waals surface area (Å²) in [6.07, 6.45) is -3.67. The molecule has 0 radical (unpaired) electrons. The van der Waals surface area contributed by atoms with Gasteiger partial charge in [0, 0.05) is 5.33 Å². The van der Waals surface area contributed by atoms with Crippen molar-refractivity contribution in [2.75, 3.05) is 0 Å². The third kappa shape index (κ3) is 3.45. The van der Waals surface area contributed by atoms with E-state index in [2.05, 4.69) is 41.6 Å². The van der Waals surface area contributed by atoms with Crippen LogP contribution in [0, 0.1) is 0 Å². The standard InChI is InChI=1S/C7H4Br2F3NO/c8-2-4-1-5(9)6(3-13-4)14-7(10,11)12/h1,3H,2H2. The van der Waals surface area contributed by atoms with Gasteiger partial charge in [0.15, 0.2) is 5.75 Å². The summed E-state index contributed by atoms with van der Waals surface area (Å²) in [7, 11) is 0. The van der Waals surface area contributed by atoms with Gasteiger partial charge in [0.25, 0.3) is 0 Å². The topological polar surface area (TPSA) is 22.1 Å². The molecule has 7 heteroatoms. The molecule has 14 heavy (non-hydrogen) atoms. The molecule has 78 valence electrons. The Morgan fingerprint density at radius 2 is 2.07 bits per heavy atom. The highest BCUT2D eigenvalue weighted by molar-refractivity contribution is 9.10. The Bertz CT molecular complexity index is 329. The molecule has 0 aliphatic carbocycles. The zero-order chi connectivity index (χ0) is 10.8. The zero-order valence-electron chi connectivity index (χ0n) is 6.61. The average Bonchev–Trinajstić information content (AvgIpc) is 2.06. The fourth-order valence-electron chi connectivity index (χ4n) is 0.731. The maximum atomic E-state index is 11.8. The second-order valence-corrected chi connectivity index (χ2v) is 3.70. The molecule has 0 saturated heterocycles. The molecule has 0 aromatic carbocycles. The highest BCUT2D eigenvalue weighted by Crippen LogP contribution is 2.30. The number of ether oxygens (including phenoxy) is 1. The third-order valence-corrected chi connectivity index (χ3v) is 2.43. The number of halogens is 5. The Morgan fingerprint density at radius 1 is 1.43 bits per heavy atom. The first-order valence-corrected chi connectivity index (χ1v) is 5.30. The molecule has 0 atom stereocenters. The summed E-state index contributed by atoms with van der Waals surface area (Å²) in [5.74, 6) is -0.345. The highest BCUT2D eigenvalue weighted by Gasteiger charge is 2.32. The van der Waals surface area contributed by atoms with Gasteiger partial charge in [0.1, 0.15) is 0 Å². The monoisotopic (exact) mass is 333 g/mol. The molecule has 0 fully saturated rings. The first-order valence-electron chi connectivity index (χ1n) is 3.38. The van der Waals surface area contributed by atoms with E-state index in [4.69, 9.17) is 0 Å².